The van der Waals surface area contributed by atoms with Crippen molar-refractivity contribution in [2.45, 2.75) is 13.3 Å². The van der Waals surface area contributed by atoms with Gasteiger partial charge in [-0.2, -0.15) is 0 Å². The van der Waals surface area contributed by atoms with Crippen LogP contribution in [0.15, 0.2) is 42.5 Å². The number of hydrogen-bond acceptors (Lipinski definition) is 1. The molecule has 0 saturated carbocycles. The number of halogens is 2. The molecule has 0 radical (unpaired) electrons. The van der Waals surface area contributed by atoms with Gasteiger partial charge in [-0.1, -0.05) is 31.2 Å². The monoisotopic (exact) mass is 246 g/mol. The summed E-state index contributed by atoms with van der Waals surface area (Å²) < 4.78 is 26.7. The lowest BCUT2D eigenvalue weighted by Gasteiger charge is -2.08. The molecule has 3 heteroatoms. The molecular weight excluding hydrogens is 234 g/mol. The average molecular weight is 246 g/mol. The van der Waals surface area contributed by atoms with E-state index in [2.05, 4.69) is 0 Å². The van der Waals surface area contributed by atoms with Gasteiger partial charge in [-0.05, 0) is 30.2 Å². The van der Waals surface area contributed by atoms with E-state index in [0.29, 0.717) is 17.5 Å². The maximum atomic E-state index is 13.6. The molecule has 0 aliphatic carbocycles. The number of rotatable bonds is 3. The van der Waals surface area contributed by atoms with Crippen molar-refractivity contribution in [3.05, 3.63) is 70.8 Å². The fourth-order valence-electron chi connectivity index (χ4n) is 1.92. The Hall–Kier alpha value is -2.03. The molecule has 92 valence electrons. The van der Waals surface area contributed by atoms with Crippen molar-refractivity contribution >= 4 is 5.78 Å². The molecule has 0 heterocycles. The summed E-state index contributed by atoms with van der Waals surface area (Å²) in [4.78, 5) is 12.2. The van der Waals surface area contributed by atoms with Crippen LogP contribution >= 0.6 is 0 Å². The first-order chi connectivity index (χ1) is 8.63. The third-order valence-corrected chi connectivity index (χ3v) is 2.80. The molecule has 0 saturated heterocycles. The van der Waals surface area contributed by atoms with E-state index in [1.165, 1.54) is 30.3 Å². The molecule has 2 rings (SSSR count). The van der Waals surface area contributed by atoms with Crippen molar-refractivity contribution in [2.75, 3.05) is 0 Å². The molecule has 0 aromatic heterocycles. The van der Waals surface area contributed by atoms with Crippen LogP contribution < -0.4 is 0 Å². The highest BCUT2D eigenvalue weighted by Crippen LogP contribution is 2.18. The van der Waals surface area contributed by atoms with E-state index < -0.39 is 11.6 Å². The Balaban J connectivity index is 2.49. The minimum absolute atomic E-state index is 0.232. The SMILES string of the molecule is CCc1c(F)cccc1C(=O)c1cccc(F)c1. The smallest absolute Gasteiger partial charge is 0.193 e. The zero-order valence-electron chi connectivity index (χ0n) is 9.91. The van der Waals surface area contributed by atoms with Crippen LogP contribution in [0, 0.1) is 11.6 Å². The zero-order chi connectivity index (χ0) is 13.1. The lowest BCUT2D eigenvalue weighted by atomic mass is 9.96. The predicted octanol–water partition coefficient (Wildman–Crippen LogP) is 3.76. The fourth-order valence-corrected chi connectivity index (χ4v) is 1.92. The highest BCUT2D eigenvalue weighted by Gasteiger charge is 2.15. The topological polar surface area (TPSA) is 17.1 Å². The highest BCUT2D eigenvalue weighted by atomic mass is 19.1. The second-order valence-corrected chi connectivity index (χ2v) is 3.96. The van der Waals surface area contributed by atoms with Crippen molar-refractivity contribution in [1.82, 2.24) is 0 Å². The van der Waals surface area contributed by atoms with E-state index in [-0.39, 0.29) is 11.3 Å². The number of benzene rings is 2. The zero-order valence-corrected chi connectivity index (χ0v) is 9.91. The molecule has 1 nitrogen and oxygen atoms in total. The standard InChI is InChI=1S/C15H12F2O/c1-2-12-13(7-4-8-14(12)17)15(18)10-5-3-6-11(16)9-10/h3-9H,2H2,1H3. The number of carbonyl (C=O) groups excluding carboxylic acids is 1. The summed E-state index contributed by atoms with van der Waals surface area (Å²) in [6.45, 7) is 1.78. The van der Waals surface area contributed by atoms with Crippen LogP contribution in [0.1, 0.15) is 28.4 Å². The normalized spacial score (nSPS) is 10.4. The van der Waals surface area contributed by atoms with Gasteiger partial charge in [-0.25, -0.2) is 8.78 Å². The van der Waals surface area contributed by atoms with Gasteiger partial charge < -0.3 is 0 Å². The maximum absolute atomic E-state index is 13.6. The number of hydrogen-bond donors (Lipinski definition) is 0. The lowest BCUT2D eigenvalue weighted by Crippen LogP contribution is -2.07. The van der Waals surface area contributed by atoms with E-state index in [1.807, 2.05) is 0 Å². The van der Waals surface area contributed by atoms with Crippen LogP contribution in [0.3, 0.4) is 0 Å². The predicted molar refractivity (Wildman–Crippen MR) is 65.6 cm³/mol. The van der Waals surface area contributed by atoms with E-state index in [9.17, 15) is 13.6 Å². The second kappa shape index (κ2) is 5.08. The van der Waals surface area contributed by atoms with Crippen molar-refractivity contribution in [1.29, 1.82) is 0 Å². The van der Waals surface area contributed by atoms with Gasteiger partial charge in [0.1, 0.15) is 11.6 Å². The molecule has 0 N–H and O–H groups in total. The Labute approximate surface area is 104 Å². The molecule has 0 spiro atoms. The Morgan fingerprint density at radius 2 is 1.83 bits per heavy atom. The first kappa shape index (κ1) is 12.4. The summed E-state index contributed by atoms with van der Waals surface area (Å²) in [5.74, 6) is -1.24. The third kappa shape index (κ3) is 2.30. The summed E-state index contributed by atoms with van der Waals surface area (Å²) >= 11 is 0. The molecule has 0 fully saturated rings. The van der Waals surface area contributed by atoms with Crippen molar-refractivity contribution in [3.8, 4) is 0 Å². The summed E-state index contributed by atoms with van der Waals surface area (Å²) in [6, 6.07) is 9.79. The molecule has 0 amide bonds. The summed E-state index contributed by atoms with van der Waals surface area (Å²) in [5, 5.41) is 0. The minimum Gasteiger partial charge on any atom is -0.289 e. The Morgan fingerprint density at radius 1 is 1.11 bits per heavy atom. The van der Waals surface area contributed by atoms with E-state index in [4.69, 9.17) is 0 Å². The number of carbonyl (C=O) groups is 1. The third-order valence-electron chi connectivity index (χ3n) is 2.80. The quantitative estimate of drug-likeness (QED) is 0.754. The second-order valence-electron chi connectivity index (χ2n) is 3.96. The van der Waals surface area contributed by atoms with Crippen LogP contribution in [0.25, 0.3) is 0 Å². The van der Waals surface area contributed by atoms with Crippen LogP contribution in [-0.4, -0.2) is 5.78 Å². The molecule has 18 heavy (non-hydrogen) atoms. The van der Waals surface area contributed by atoms with Gasteiger partial charge in [-0.15, -0.1) is 0 Å². The first-order valence-corrected chi connectivity index (χ1v) is 5.71. The van der Waals surface area contributed by atoms with Crippen LogP contribution in [-0.2, 0) is 6.42 Å². The summed E-state index contributed by atoms with van der Waals surface area (Å²) in [7, 11) is 0. The van der Waals surface area contributed by atoms with Gasteiger partial charge in [0.2, 0.25) is 0 Å². The van der Waals surface area contributed by atoms with Crippen LogP contribution in [0.4, 0.5) is 8.78 Å². The van der Waals surface area contributed by atoms with Crippen molar-refractivity contribution in [2.24, 2.45) is 0 Å². The Kier molecular flexibility index (Phi) is 3.51. The molecule has 0 bridgehead atoms. The van der Waals surface area contributed by atoms with E-state index in [0.717, 1.165) is 6.07 Å². The van der Waals surface area contributed by atoms with Gasteiger partial charge in [-0.3, -0.25) is 4.79 Å². The van der Waals surface area contributed by atoms with Gasteiger partial charge in [0.25, 0.3) is 0 Å². The summed E-state index contributed by atoms with van der Waals surface area (Å²) in [6.07, 6.45) is 0.420. The maximum Gasteiger partial charge on any atom is 0.193 e. The van der Waals surface area contributed by atoms with E-state index >= 15 is 0 Å². The molecule has 0 aliphatic heterocycles. The van der Waals surface area contributed by atoms with Crippen molar-refractivity contribution in [3.63, 3.8) is 0 Å². The first-order valence-electron chi connectivity index (χ1n) is 5.71. The minimum atomic E-state index is -0.477. The largest absolute Gasteiger partial charge is 0.289 e. The molecular formula is C15H12F2O. The van der Waals surface area contributed by atoms with Crippen molar-refractivity contribution < 1.29 is 13.6 Å². The fraction of sp³-hybridized carbons (Fsp3) is 0.133. The van der Waals surface area contributed by atoms with Crippen LogP contribution in [0.2, 0.25) is 0 Å². The lowest BCUT2D eigenvalue weighted by molar-refractivity contribution is 0.103. The van der Waals surface area contributed by atoms with Gasteiger partial charge in [0.15, 0.2) is 5.78 Å². The van der Waals surface area contributed by atoms with Gasteiger partial charge in [0.05, 0.1) is 0 Å². The number of ketones is 1. The van der Waals surface area contributed by atoms with Gasteiger partial charge in [0, 0.05) is 11.1 Å². The molecule has 2 aromatic rings. The highest BCUT2D eigenvalue weighted by molar-refractivity contribution is 6.09. The Morgan fingerprint density at radius 3 is 2.50 bits per heavy atom. The molecule has 0 unspecified atom stereocenters. The van der Waals surface area contributed by atoms with Gasteiger partial charge >= 0.3 is 0 Å². The summed E-state index contributed by atoms with van der Waals surface area (Å²) in [5.41, 5.74) is 0.894. The molecule has 2 aromatic carbocycles. The molecule has 0 atom stereocenters. The molecule has 0 aliphatic rings. The van der Waals surface area contributed by atoms with E-state index in [1.54, 1.807) is 13.0 Å². The van der Waals surface area contributed by atoms with Crippen LogP contribution in [0.5, 0.6) is 0 Å². The Bertz CT molecular complexity index is 591. The average Bonchev–Trinajstić information content (AvgIpc) is 2.37.